The molecule has 0 aliphatic carbocycles. The Kier molecular flexibility index (Phi) is 39.1. The molecule has 0 radical (unpaired) electrons. The van der Waals surface area contributed by atoms with Crippen LogP contribution in [0.3, 0.4) is 0 Å². The lowest BCUT2D eigenvalue weighted by atomic mass is 10.0. The van der Waals surface area contributed by atoms with Gasteiger partial charge in [-0.2, -0.15) is 0 Å². The van der Waals surface area contributed by atoms with Gasteiger partial charge >= 0.3 is 11.9 Å². The molecular weight excluding hydrogens is 620 g/mol. The Morgan fingerprint density at radius 1 is 0.480 bits per heavy atom. The number of unbranched alkanes of at least 4 members (excludes halogenated alkanes) is 19. The highest BCUT2D eigenvalue weighted by molar-refractivity contribution is 5.70. The Morgan fingerprint density at radius 2 is 0.860 bits per heavy atom. The molecule has 0 spiro atoms. The number of rotatable bonds is 37. The van der Waals surface area contributed by atoms with Crippen LogP contribution in [0, 0.1) is 0 Å². The quantitative estimate of drug-likeness (QED) is 0.0397. The van der Waals surface area contributed by atoms with E-state index >= 15 is 0 Å². The number of ether oxygens (including phenoxy) is 2. The van der Waals surface area contributed by atoms with Crippen molar-refractivity contribution >= 4 is 11.9 Å². The maximum absolute atomic E-state index is 12.2. The molecule has 288 valence electrons. The van der Waals surface area contributed by atoms with E-state index in [0.29, 0.717) is 19.3 Å². The van der Waals surface area contributed by atoms with Gasteiger partial charge in [0.2, 0.25) is 0 Å². The maximum Gasteiger partial charge on any atom is 0.306 e. The molecule has 5 heteroatoms. The zero-order chi connectivity index (χ0) is 36.4. The Balaban J connectivity index is 3.61. The van der Waals surface area contributed by atoms with Crippen LogP contribution in [0.25, 0.3) is 0 Å². The molecule has 0 aliphatic heterocycles. The van der Waals surface area contributed by atoms with E-state index < -0.39 is 6.10 Å². The first kappa shape index (κ1) is 47.6. The van der Waals surface area contributed by atoms with Gasteiger partial charge in [0.05, 0.1) is 6.61 Å². The van der Waals surface area contributed by atoms with E-state index in [1.165, 1.54) is 103 Å². The number of esters is 2. The zero-order valence-electron chi connectivity index (χ0n) is 32.6. The largest absolute Gasteiger partial charge is 0.462 e. The molecule has 5 nitrogen and oxygen atoms in total. The second-order valence-corrected chi connectivity index (χ2v) is 13.7. The summed E-state index contributed by atoms with van der Waals surface area (Å²) in [6.45, 7) is 3.98. The molecular formula is C45H78O5. The van der Waals surface area contributed by atoms with Crippen LogP contribution >= 0.6 is 0 Å². The van der Waals surface area contributed by atoms with Crippen molar-refractivity contribution in [2.45, 2.75) is 200 Å². The predicted molar refractivity (Wildman–Crippen MR) is 214 cm³/mol. The van der Waals surface area contributed by atoms with E-state index in [1.54, 1.807) is 0 Å². The van der Waals surface area contributed by atoms with Crippen molar-refractivity contribution in [1.29, 1.82) is 0 Å². The smallest absolute Gasteiger partial charge is 0.306 e. The SMILES string of the molecule is CC/C=C\C/C=C\C/C=C\C/C=C\C/C=C\CCCC(=O)OC[C@H](CO)OC(=O)CCCCCCCCCCCCCCCCCCCCC. The lowest BCUT2D eigenvalue weighted by Crippen LogP contribution is -2.28. The van der Waals surface area contributed by atoms with Gasteiger partial charge in [-0.1, -0.05) is 190 Å². The van der Waals surface area contributed by atoms with Crippen molar-refractivity contribution in [1.82, 2.24) is 0 Å². The number of carbonyl (C=O) groups excluding carboxylic acids is 2. The standard InChI is InChI=1S/C45H78O5/c1-3-5-7-9-11-13-15-17-19-21-22-24-26-28-30-32-34-36-38-40-45(48)50-43(41-46)42-49-44(47)39-37-35-33-31-29-27-25-23-20-18-16-14-12-10-8-6-4-2/h6,8,12,14,18,20,25,27,31,33,43,46H,3-5,7,9-11,13,15-17,19,21-24,26,28-30,32,34-42H2,1-2H3/b8-6-,14-12-,20-18-,27-25-,33-31-/t43-/m0/s1. The van der Waals surface area contributed by atoms with E-state index in [9.17, 15) is 14.7 Å². The summed E-state index contributed by atoms with van der Waals surface area (Å²) in [5, 5.41) is 9.56. The topological polar surface area (TPSA) is 72.8 Å². The summed E-state index contributed by atoms with van der Waals surface area (Å²) in [5.41, 5.74) is 0. The zero-order valence-corrected chi connectivity index (χ0v) is 32.6. The van der Waals surface area contributed by atoms with Crippen LogP contribution < -0.4 is 0 Å². The predicted octanol–water partition coefficient (Wildman–Crippen LogP) is 13.2. The molecule has 0 unspecified atom stereocenters. The van der Waals surface area contributed by atoms with E-state index in [-0.39, 0.29) is 25.2 Å². The first-order valence-electron chi connectivity index (χ1n) is 20.8. The summed E-state index contributed by atoms with van der Waals surface area (Å²) in [6.07, 6.45) is 52.9. The summed E-state index contributed by atoms with van der Waals surface area (Å²) in [7, 11) is 0. The summed E-state index contributed by atoms with van der Waals surface area (Å²) in [6, 6.07) is 0. The molecule has 0 aliphatic rings. The van der Waals surface area contributed by atoms with Gasteiger partial charge in [0.1, 0.15) is 6.61 Å². The van der Waals surface area contributed by atoms with Gasteiger partial charge in [0.25, 0.3) is 0 Å². The normalized spacial score (nSPS) is 12.8. The number of aliphatic hydroxyl groups excluding tert-OH is 1. The highest BCUT2D eigenvalue weighted by atomic mass is 16.6. The van der Waals surface area contributed by atoms with Crippen LogP contribution in [-0.2, 0) is 19.1 Å². The number of hydrogen-bond donors (Lipinski definition) is 1. The molecule has 0 saturated heterocycles. The minimum atomic E-state index is -0.794. The Morgan fingerprint density at radius 3 is 1.28 bits per heavy atom. The molecule has 0 saturated carbocycles. The van der Waals surface area contributed by atoms with Crippen LogP contribution in [0.2, 0.25) is 0 Å². The van der Waals surface area contributed by atoms with Crippen molar-refractivity contribution < 1.29 is 24.2 Å². The summed E-state index contributed by atoms with van der Waals surface area (Å²) >= 11 is 0. The maximum atomic E-state index is 12.2. The Hall–Kier alpha value is -2.40. The van der Waals surface area contributed by atoms with Crippen LogP contribution in [-0.4, -0.2) is 36.4 Å². The first-order chi connectivity index (χ1) is 24.6. The minimum absolute atomic E-state index is 0.0953. The molecule has 0 aromatic rings. The van der Waals surface area contributed by atoms with Gasteiger partial charge in [0.15, 0.2) is 6.10 Å². The van der Waals surface area contributed by atoms with Gasteiger partial charge < -0.3 is 14.6 Å². The first-order valence-corrected chi connectivity index (χ1v) is 20.8. The number of carbonyl (C=O) groups is 2. The number of allylic oxidation sites excluding steroid dienone is 10. The lowest BCUT2D eigenvalue weighted by Gasteiger charge is -2.15. The summed E-state index contributed by atoms with van der Waals surface area (Å²) < 4.78 is 10.6. The minimum Gasteiger partial charge on any atom is -0.462 e. The Labute approximate surface area is 309 Å². The fourth-order valence-corrected chi connectivity index (χ4v) is 5.71. The highest BCUT2D eigenvalue weighted by Gasteiger charge is 2.16. The molecule has 0 rings (SSSR count). The molecule has 1 N–H and O–H groups in total. The third-order valence-corrected chi connectivity index (χ3v) is 8.83. The van der Waals surface area contributed by atoms with E-state index in [1.807, 2.05) is 0 Å². The van der Waals surface area contributed by atoms with Crippen molar-refractivity contribution in [3.05, 3.63) is 60.8 Å². The van der Waals surface area contributed by atoms with Gasteiger partial charge in [-0.05, 0) is 51.4 Å². The lowest BCUT2D eigenvalue weighted by molar-refractivity contribution is -0.161. The third kappa shape index (κ3) is 38.4. The number of aliphatic hydroxyl groups is 1. The van der Waals surface area contributed by atoms with Gasteiger partial charge in [0, 0.05) is 12.8 Å². The van der Waals surface area contributed by atoms with Crippen LogP contribution in [0.1, 0.15) is 194 Å². The van der Waals surface area contributed by atoms with E-state index in [0.717, 1.165) is 57.8 Å². The average Bonchev–Trinajstić information content (AvgIpc) is 3.12. The third-order valence-electron chi connectivity index (χ3n) is 8.83. The van der Waals surface area contributed by atoms with Crippen LogP contribution in [0.15, 0.2) is 60.8 Å². The monoisotopic (exact) mass is 699 g/mol. The van der Waals surface area contributed by atoms with E-state index in [4.69, 9.17) is 9.47 Å². The van der Waals surface area contributed by atoms with Crippen molar-refractivity contribution in [3.8, 4) is 0 Å². The molecule has 0 bridgehead atoms. The molecule has 0 fully saturated rings. The second kappa shape index (κ2) is 41.0. The average molecular weight is 699 g/mol. The second-order valence-electron chi connectivity index (χ2n) is 13.7. The van der Waals surface area contributed by atoms with Crippen molar-refractivity contribution in [3.63, 3.8) is 0 Å². The van der Waals surface area contributed by atoms with Crippen molar-refractivity contribution in [2.24, 2.45) is 0 Å². The van der Waals surface area contributed by atoms with Crippen molar-refractivity contribution in [2.75, 3.05) is 13.2 Å². The highest BCUT2D eigenvalue weighted by Crippen LogP contribution is 2.15. The van der Waals surface area contributed by atoms with Gasteiger partial charge in [-0.25, -0.2) is 0 Å². The molecule has 0 heterocycles. The van der Waals surface area contributed by atoms with Gasteiger partial charge in [-0.15, -0.1) is 0 Å². The molecule has 0 aromatic heterocycles. The molecule has 0 amide bonds. The fraction of sp³-hybridized carbons (Fsp3) is 0.733. The van der Waals surface area contributed by atoms with E-state index in [2.05, 4.69) is 74.6 Å². The summed E-state index contributed by atoms with van der Waals surface area (Å²) in [4.78, 5) is 24.3. The summed E-state index contributed by atoms with van der Waals surface area (Å²) in [5.74, 6) is -0.656. The fourth-order valence-electron chi connectivity index (χ4n) is 5.71. The molecule has 0 aromatic carbocycles. The van der Waals surface area contributed by atoms with Crippen LogP contribution in [0.4, 0.5) is 0 Å². The molecule has 1 atom stereocenters. The van der Waals surface area contributed by atoms with Gasteiger partial charge in [-0.3, -0.25) is 9.59 Å². The number of hydrogen-bond acceptors (Lipinski definition) is 5. The Bertz CT molecular complexity index is 884. The molecule has 50 heavy (non-hydrogen) atoms. The van der Waals surface area contributed by atoms with Crippen LogP contribution in [0.5, 0.6) is 0 Å².